The van der Waals surface area contributed by atoms with Crippen LogP contribution in [0.4, 0.5) is 0 Å². The number of aromatic nitrogens is 3. The molecule has 12 nitrogen and oxygen atoms in total. The minimum absolute atomic E-state index is 0.0298. The lowest BCUT2D eigenvalue weighted by atomic mass is 9.96. The van der Waals surface area contributed by atoms with Gasteiger partial charge < -0.3 is 24.4 Å². The van der Waals surface area contributed by atoms with Crippen molar-refractivity contribution in [3.05, 3.63) is 64.1 Å². The van der Waals surface area contributed by atoms with E-state index < -0.39 is 6.04 Å². The van der Waals surface area contributed by atoms with Gasteiger partial charge in [0, 0.05) is 63.7 Å². The highest BCUT2D eigenvalue weighted by Gasteiger charge is 2.39. The molecule has 13 heteroatoms. The average molecular weight is 636 g/mol. The second-order valence-corrected chi connectivity index (χ2v) is 13.3. The predicted molar refractivity (Wildman–Crippen MR) is 167 cm³/mol. The van der Waals surface area contributed by atoms with Crippen LogP contribution < -0.4 is 10.1 Å². The molecule has 2 amide bonds. The van der Waals surface area contributed by atoms with Crippen LogP contribution in [0.1, 0.15) is 46.2 Å². The van der Waals surface area contributed by atoms with Gasteiger partial charge in [-0.25, -0.2) is 4.68 Å². The van der Waals surface area contributed by atoms with Gasteiger partial charge in [-0.3, -0.25) is 19.4 Å². The van der Waals surface area contributed by atoms with Crippen molar-refractivity contribution < 1.29 is 23.8 Å². The minimum Gasteiger partial charge on any atom is -0.493 e. The summed E-state index contributed by atoms with van der Waals surface area (Å²) in [7, 11) is 0. The zero-order valence-corrected chi connectivity index (χ0v) is 26.3. The van der Waals surface area contributed by atoms with Gasteiger partial charge in [-0.1, -0.05) is 23.4 Å². The predicted octanol–water partition coefficient (Wildman–Crippen LogP) is 2.19. The Morgan fingerprint density at radius 2 is 1.82 bits per heavy atom. The molecule has 6 heterocycles. The smallest absolute Gasteiger partial charge is 0.258 e. The Labute approximate surface area is 267 Å². The molecule has 7 rings (SSSR count). The van der Waals surface area contributed by atoms with Crippen molar-refractivity contribution in [3.63, 3.8) is 0 Å². The normalized spacial score (nSPS) is 27.2. The molecule has 45 heavy (non-hydrogen) atoms. The van der Waals surface area contributed by atoms with Gasteiger partial charge in [-0.05, 0) is 36.4 Å². The van der Waals surface area contributed by atoms with Gasteiger partial charge in [-0.15, -0.1) is 16.4 Å². The largest absolute Gasteiger partial charge is 0.493 e. The van der Waals surface area contributed by atoms with Crippen LogP contribution in [0.15, 0.2) is 48.0 Å². The summed E-state index contributed by atoms with van der Waals surface area (Å²) in [4.78, 5) is 35.5. The maximum Gasteiger partial charge on any atom is 0.258 e. The molecule has 3 fully saturated rings. The van der Waals surface area contributed by atoms with Crippen molar-refractivity contribution in [1.82, 2.24) is 35.0 Å². The number of thiophene rings is 1. The van der Waals surface area contributed by atoms with E-state index >= 15 is 0 Å². The molecular weight excluding hydrogens is 594 g/mol. The molecule has 0 radical (unpaired) electrons. The number of hydrogen-bond acceptors (Lipinski definition) is 10. The van der Waals surface area contributed by atoms with Crippen molar-refractivity contribution in [2.24, 2.45) is 0 Å². The quantitative estimate of drug-likeness (QED) is 0.451. The molecule has 0 unspecified atom stereocenters. The third kappa shape index (κ3) is 7.07. The molecule has 2 aromatic heterocycles. The molecule has 1 N–H and O–H groups in total. The van der Waals surface area contributed by atoms with Crippen LogP contribution in [0, 0.1) is 0 Å². The van der Waals surface area contributed by atoms with Gasteiger partial charge in [-0.2, -0.15) is 0 Å². The molecule has 2 bridgehead atoms. The Bertz CT molecular complexity index is 1450. The molecule has 4 aliphatic rings. The minimum atomic E-state index is -0.647. The third-order valence-electron chi connectivity index (χ3n) is 9.25. The number of nitrogens with zero attached hydrogens (tertiary/aromatic N) is 6. The molecule has 0 saturated carbocycles. The monoisotopic (exact) mass is 635 g/mol. The number of ether oxygens (including phenoxy) is 3. The lowest BCUT2D eigenvalue weighted by Gasteiger charge is -2.41. The number of amides is 2. The van der Waals surface area contributed by atoms with Crippen LogP contribution in [-0.4, -0.2) is 119 Å². The number of carbonyl (C=O) groups excluding carboxylic acids is 2. The number of morpholine rings is 1. The number of carbonyl (C=O) groups is 2. The van der Waals surface area contributed by atoms with Gasteiger partial charge in [0.15, 0.2) is 0 Å². The maximum atomic E-state index is 14.0. The maximum absolute atomic E-state index is 14.0. The Kier molecular flexibility index (Phi) is 9.40. The first-order valence-electron chi connectivity index (χ1n) is 16.0. The summed E-state index contributed by atoms with van der Waals surface area (Å²) < 4.78 is 20.2. The van der Waals surface area contributed by atoms with Crippen LogP contribution in [0.3, 0.4) is 0 Å². The summed E-state index contributed by atoms with van der Waals surface area (Å²) >= 11 is 1.70. The van der Waals surface area contributed by atoms with Crippen LogP contribution in [0.2, 0.25) is 0 Å². The second kappa shape index (κ2) is 14.0. The fourth-order valence-corrected chi connectivity index (χ4v) is 7.55. The van der Waals surface area contributed by atoms with Gasteiger partial charge in [0.05, 0.1) is 55.5 Å². The standard InChI is InChI=1S/C32H41N7O5S/c40-31-28-22-37(21-25-4-3-17-45-25)10-11-38(28)32(41)26-5-1-2-6-29(26)43-14-9-24-7-8-27(30(44-24)18-33-31)39-20-23(34-35-39)19-36-12-15-42-16-13-36/h1-6,17,20,24,27-28,30H,7-16,18-19,21-22H2,(H,33,40)/t24-,27+,28-,30+/m0/s1. The molecule has 0 aliphatic carbocycles. The molecule has 3 aromatic rings. The first-order valence-corrected chi connectivity index (χ1v) is 16.9. The summed E-state index contributed by atoms with van der Waals surface area (Å²) in [6, 6.07) is 10.8. The molecule has 3 saturated heterocycles. The van der Waals surface area contributed by atoms with E-state index in [0.717, 1.165) is 57.9 Å². The lowest BCUT2D eigenvalue weighted by molar-refractivity contribution is -0.130. The zero-order valence-electron chi connectivity index (χ0n) is 25.5. The Balaban J connectivity index is 1.11. The average Bonchev–Trinajstić information content (AvgIpc) is 3.76. The Morgan fingerprint density at radius 3 is 2.69 bits per heavy atom. The summed E-state index contributed by atoms with van der Waals surface area (Å²) in [5.41, 5.74) is 1.40. The van der Waals surface area contributed by atoms with E-state index in [1.165, 1.54) is 4.88 Å². The van der Waals surface area contributed by atoms with Crippen LogP contribution in [-0.2, 0) is 27.4 Å². The summed E-state index contributed by atoms with van der Waals surface area (Å²) in [5.74, 6) is 0.189. The fraction of sp³-hybridized carbons (Fsp3) is 0.562. The lowest BCUT2D eigenvalue weighted by Crippen LogP contribution is -2.61. The number of fused-ring (bicyclic) bond motifs is 4. The van der Waals surface area contributed by atoms with E-state index in [-0.39, 0.29) is 30.1 Å². The molecule has 240 valence electrons. The number of rotatable bonds is 5. The van der Waals surface area contributed by atoms with Crippen LogP contribution in [0.5, 0.6) is 5.75 Å². The molecule has 4 atom stereocenters. The van der Waals surface area contributed by atoms with Crippen molar-refractivity contribution in [1.29, 1.82) is 0 Å². The zero-order chi connectivity index (χ0) is 30.6. The van der Waals surface area contributed by atoms with Gasteiger partial charge in [0.2, 0.25) is 5.91 Å². The molecule has 4 aliphatic heterocycles. The highest BCUT2D eigenvalue weighted by atomic mass is 32.1. The molecule has 0 spiro atoms. The van der Waals surface area contributed by atoms with Gasteiger partial charge in [0.1, 0.15) is 11.8 Å². The first kappa shape index (κ1) is 30.3. The number of nitrogens with one attached hydrogen (secondary N) is 1. The van der Waals surface area contributed by atoms with Crippen molar-refractivity contribution in [2.45, 2.75) is 56.6 Å². The van der Waals surface area contributed by atoms with Crippen LogP contribution in [0.25, 0.3) is 0 Å². The van der Waals surface area contributed by atoms with Crippen molar-refractivity contribution >= 4 is 23.2 Å². The number of hydrogen-bond donors (Lipinski definition) is 1. The van der Waals surface area contributed by atoms with E-state index in [2.05, 4.69) is 36.9 Å². The summed E-state index contributed by atoms with van der Waals surface area (Å²) in [6.07, 6.45) is 4.06. The second-order valence-electron chi connectivity index (χ2n) is 12.2. The Morgan fingerprint density at radius 1 is 0.933 bits per heavy atom. The summed E-state index contributed by atoms with van der Waals surface area (Å²) in [6.45, 7) is 7.05. The molecule has 1 aromatic carbocycles. The highest BCUT2D eigenvalue weighted by Crippen LogP contribution is 2.31. The Hall–Kier alpha value is -3.36. The third-order valence-corrected chi connectivity index (χ3v) is 10.1. The van der Waals surface area contributed by atoms with E-state index in [0.29, 0.717) is 50.5 Å². The highest BCUT2D eigenvalue weighted by molar-refractivity contribution is 7.09. The topological polar surface area (TPSA) is 114 Å². The van der Waals surface area contributed by atoms with E-state index in [1.807, 2.05) is 35.1 Å². The van der Waals surface area contributed by atoms with E-state index in [4.69, 9.17) is 14.2 Å². The fourth-order valence-electron chi connectivity index (χ4n) is 6.80. The number of para-hydroxylation sites is 1. The SMILES string of the molecule is O=C1NC[C@H]2O[C@H](CCOc3ccccc3C(=O)N3CCN(Cc4cccs4)C[C@@H]13)CC[C@H]2n1cc(CN2CCOCC2)nn1. The molecular formula is C32H41N7O5S. The first-order chi connectivity index (χ1) is 22.1. The van der Waals surface area contributed by atoms with E-state index in [9.17, 15) is 9.59 Å². The van der Waals surface area contributed by atoms with Gasteiger partial charge >= 0.3 is 0 Å². The number of piperazine rings is 1. The van der Waals surface area contributed by atoms with Crippen LogP contribution >= 0.6 is 11.3 Å². The number of benzene rings is 1. The van der Waals surface area contributed by atoms with Crippen molar-refractivity contribution in [3.8, 4) is 5.75 Å². The van der Waals surface area contributed by atoms with E-state index in [1.54, 1.807) is 22.3 Å². The van der Waals surface area contributed by atoms with Gasteiger partial charge in [0.25, 0.3) is 5.91 Å². The summed E-state index contributed by atoms with van der Waals surface area (Å²) in [5, 5.41) is 14.2. The van der Waals surface area contributed by atoms with Crippen molar-refractivity contribution in [2.75, 3.05) is 59.1 Å².